The third kappa shape index (κ3) is 4.96. The van der Waals surface area contributed by atoms with E-state index in [-0.39, 0.29) is 10.8 Å². The monoisotopic (exact) mass is 458 g/mol. The summed E-state index contributed by atoms with van der Waals surface area (Å²) >= 11 is 0. The summed E-state index contributed by atoms with van der Waals surface area (Å²) < 4.78 is 32.6. The van der Waals surface area contributed by atoms with Gasteiger partial charge in [-0.15, -0.1) is 0 Å². The van der Waals surface area contributed by atoms with E-state index in [0.29, 0.717) is 37.6 Å². The zero-order chi connectivity index (χ0) is 22.7. The van der Waals surface area contributed by atoms with E-state index >= 15 is 0 Å². The summed E-state index contributed by atoms with van der Waals surface area (Å²) in [6.07, 6.45) is 0. The van der Waals surface area contributed by atoms with Gasteiger partial charge in [0.25, 0.3) is 5.91 Å². The second-order valence-electron chi connectivity index (χ2n) is 8.28. The summed E-state index contributed by atoms with van der Waals surface area (Å²) in [6, 6.07) is 12.5. The van der Waals surface area contributed by atoms with Crippen LogP contribution in [0.2, 0.25) is 0 Å². The van der Waals surface area contributed by atoms with Crippen LogP contribution in [-0.4, -0.2) is 83.1 Å². The molecule has 4 rings (SSSR count). The molecule has 2 aliphatic heterocycles. The molecule has 1 N–H and O–H groups in total. The van der Waals surface area contributed by atoms with Crippen LogP contribution >= 0.6 is 0 Å². The zero-order valence-electron chi connectivity index (χ0n) is 18.6. The van der Waals surface area contributed by atoms with E-state index in [1.54, 1.807) is 19.1 Å². The molecule has 0 saturated carbocycles. The molecule has 32 heavy (non-hydrogen) atoms. The molecule has 172 valence electrons. The highest BCUT2D eigenvalue weighted by Crippen LogP contribution is 2.23. The number of hydrogen-bond donors (Lipinski definition) is 1. The van der Waals surface area contributed by atoms with Crippen LogP contribution in [0, 0.1) is 6.92 Å². The van der Waals surface area contributed by atoms with Crippen molar-refractivity contribution in [1.82, 2.24) is 9.21 Å². The van der Waals surface area contributed by atoms with Crippen molar-refractivity contribution in [2.75, 3.05) is 69.7 Å². The maximum absolute atomic E-state index is 13.0. The Hall–Kier alpha value is -2.46. The number of carbonyl (C=O) groups excluding carboxylic acids is 1. The van der Waals surface area contributed by atoms with Gasteiger partial charge in [0.05, 0.1) is 18.1 Å². The van der Waals surface area contributed by atoms with Gasteiger partial charge in [0.1, 0.15) is 0 Å². The Bertz CT molecular complexity index is 1060. The van der Waals surface area contributed by atoms with Crippen LogP contribution in [-0.2, 0) is 14.8 Å². The average molecular weight is 459 g/mol. The summed E-state index contributed by atoms with van der Waals surface area (Å²) in [5, 5.41) is 2.90. The second kappa shape index (κ2) is 9.58. The highest BCUT2D eigenvalue weighted by molar-refractivity contribution is 7.89. The zero-order valence-corrected chi connectivity index (χ0v) is 19.4. The van der Waals surface area contributed by atoms with Crippen molar-refractivity contribution >= 4 is 27.3 Å². The molecule has 2 heterocycles. The molecule has 2 aromatic carbocycles. The number of benzene rings is 2. The third-order valence-corrected chi connectivity index (χ3v) is 7.95. The number of carbonyl (C=O) groups is 1. The molecule has 8 nitrogen and oxygen atoms in total. The van der Waals surface area contributed by atoms with Crippen LogP contribution in [0.15, 0.2) is 47.4 Å². The molecule has 2 aromatic rings. The molecule has 0 unspecified atom stereocenters. The number of amides is 1. The van der Waals surface area contributed by atoms with Crippen molar-refractivity contribution in [2.24, 2.45) is 0 Å². The lowest BCUT2D eigenvalue weighted by molar-refractivity contribution is 0.0730. The van der Waals surface area contributed by atoms with Crippen LogP contribution in [0.5, 0.6) is 0 Å². The number of morpholine rings is 1. The molecule has 0 aliphatic carbocycles. The van der Waals surface area contributed by atoms with Gasteiger partial charge < -0.3 is 19.9 Å². The van der Waals surface area contributed by atoms with Gasteiger partial charge in [-0.1, -0.05) is 6.07 Å². The van der Waals surface area contributed by atoms with Crippen LogP contribution in [0.4, 0.5) is 11.4 Å². The Morgan fingerprint density at radius 2 is 1.59 bits per heavy atom. The second-order valence-corrected chi connectivity index (χ2v) is 10.2. The molecule has 0 aromatic heterocycles. The largest absolute Gasteiger partial charge is 0.379 e. The van der Waals surface area contributed by atoms with Gasteiger partial charge in [0.15, 0.2) is 0 Å². The molecule has 9 heteroatoms. The van der Waals surface area contributed by atoms with E-state index in [2.05, 4.69) is 22.2 Å². The van der Waals surface area contributed by atoms with Gasteiger partial charge in [-0.25, -0.2) is 8.42 Å². The van der Waals surface area contributed by atoms with E-state index < -0.39 is 10.0 Å². The highest BCUT2D eigenvalue weighted by atomic mass is 32.2. The lowest BCUT2D eigenvalue weighted by Crippen LogP contribution is -2.44. The number of anilines is 2. The van der Waals surface area contributed by atoms with Crippen molar-refractivity contribution in [3.8, 4) is 0 Å². The number of hydrogen-bond acceptors (Lipinski definition) is 6. The Morgan fingerprint density at radius 3 is 2.25 bits per heavy atom. The van der Waals surface area contributed by atoms with Crippen LogP contribution in [0.3, 0.4) is 0 Å². The van der Waals surface area contributed by atoms with Crippen LogP contribution < -0.4 is 10.2 Å². The van der Waals surface area contributed by atoms with Gasteiger partial charge in [-0.3, -0.25) is 4.79 Å². The number of sulfonamides is 1. The van der Waals surface area contributed by atoms with Crippen molar-refractivity contribution in [1.29, 1.82) is 0 Å². The number of nitrogens with zero attached hydrogens (tertiary/aromatic N) is 3. The quantitative estimate of drug-likeness (QED) is 0.738. The summed E-state index contributed by atoms with van der Waals surface area (Å²) in [5.74, 6) is -0.325. The van der Waals surface area contributed by atoms with Crippen molar-refractivity contribution in [2.45, 2.75) is 11.8 Å². The Kier molecular flexibility index (Phi) is 6.80. The highest BCUT2D eigenvalue weighted by Gasteiger charge is 2.27. The van der Waals surface area contributed by atoms with Gasteiger partial charge in [0, 0.05) is 56.2 Å². The fourth-order valence-corrected chi connectivity index (χ4v) is 5.40. The van der Waals surface area contributed by atoms with Crippen LogP contribution in [0.1, 0.15) is 15.9 Å². The predicted octanol–water partition coefficient (Wildman–Crippen LogP) is 2.02. The molecule has 0 bridgehead atoms. The minimum atomic E-state index is -3.67. The Balaban J connectivity index is 1.48. The van der Waals surface area contributed by atoms with E-state index in [1.165, 1.54) is 10.4 Å². The van der Waals surface area contributed by atoms with Gasteiger partial charge >= 0.3 is 0 Å². The number of nitrogens with one attached hydrogen (secondary N) is 1. The van der Waals surface area contributed by atoms with Crippen LogP contribution in [0.25, 0.3) is 0 Å². The molecule has 0 spiro atoms. The average Bonchev–Trinajstić information content (AvgIpc) is 2.81. The molecular weight excluding hydrogens is 428 g/mol. The number of aryl methyl sites for hydroxylation is 1. The van der Waals surface area contributed by atoms with E-state index in [1.807, 2.05) is 24.3 Å². The Morgan fingerprint density at radius 1 is 0.938 bits per heavy atom. The van der Waals surface area contributed by atoms with Crippen molar-refractivity contribution in [3.05, 3.63) is 53.6 Å². The molecular formula is C23H30N4O4S. The number of rotatable bonds is 5. The molecule has 2 aliphatic rings. The maximum atomic E-state index is 13.0. The lowest BCUT2D eigenvalue weighted by Gasteiger charge is -2.34. The normalized spacial score (nSPS) is 18.5. The fraction of sp³-hybridized carbons (Fsp3) is 0.435. The van der Waals surface area contributed by atoms with E-state index in [9.17, 15) is 13.2 Å². The first-order valence-electron chi connectivity index (χ1n) is 10.9. The molecule has 2 fully saturated rings. The fourth-order valence-electron chi connectivity index (χ4n) is 3.96. The molecule has 0 radical (unpaired) electrons. The number of ether oxygens (including phenoxy) is 1. The predicted molar refractivity (Wildman–Crippen MR) is 125 cm³/mol. The van der Waals surface area contributed by atoms with Gasteiger partial charge in [-0.05, 0) is 55.9 Å². The molecule has 0 atom stereocenters. The standard InChI is InChI=1S/C23H30N4O4S/c1-18-3-8-21(32(29,30)27-13-15-31-16-14-27)17-22(18)23(28)24-19-4-6-20(7-5-19)26-11-9-25(2)10-12-26/h3-8,17H,9-16H2,1-2H3,(H,24,28). The SMILES string of the molecule is Cc1ccc(S(=O)(=O)N2CCOCC2)cc1C(=O)Nc1ccc(N2CCN(C)CC2)cc1. The smallest absolute Gasteiger partial charge is 0.255 e. The first kappa shape index (κ1) is 22.7. The summed E-state index contributed by atoms with van der Waals surface area (Å²) in [5.41, 5.74) is 2.87. The molecule has 1 amide bonds. The lowest BCUT2D eigenvalue weighted by atomic mass is 10.1. The number of likely N-dealkylation sites (N-methyl/N-ethyl adjacent to an activating group) is 1. The first-order chi connectivity index (χ1) is 15.3. The van der Waals surface area contributed by atoms with E-state index in [0.717, 1.165) is 37.4 Å². The number of piperazine rings is 1. The minimum Gasteiger partial charge on any atom is -0.379 e. The summed E-state index contributed by atoms with van der Waals surface area (Å²) in [6.45, 7) is 7.21. The van der Waals surface area contributed by atoms with Crippen molar-refractivity contribution < 1.29 is 17.9 Å². The maximum Gasteiger partial charge on any atom is 0.255 e. The first-order valence-corrected chi connectivity index (χ1v) is 12.3. The minimum absolute atomic E-state index is 0.126. The topological polar surface area (TPSA) is 82.2 Å². The summed E-state index contributed by atoms with van der Waals surface area (Å²) in [4.78, 5) is 17.7. The van der Waals surface area contributed by atoms with E-state index in [4.69, 9.17) is 4.74 Å². The van der Waals surface area contributed by atoms with Gasteiger partial charge in [0.2, 0.25) is 10.0 Å². The van der Waals surface area contributed by atoms with Gasteiger partial charge in [-0.2, -0.15) is 4.31 Å². The Labute approximate surface area is 189 Å². The molecule has 2 saturated heterocycles. The third-order valence-electron chi connectivity index (χ3n) is 6.06. The summed E-state index contributed by atoms with van der Waals surface area (Å²) in [7, 11) is -1.54. The van der Waals surface area contributed by atoms with Crippen molar-refractivity contribution in [3.63, 3.8) is 0 Å².